The Morgan fingerprint density at radius 2 is 2.21 bits per heavy atom. The summed E-state index contributed by atoms with van der Waals surface area (Å²) in [6.45, 7) is 1.79. The van der Waals surface area contributed by atoms with Crippen molar-refractivity contribution in [2.75, 3.05) is 0 Å². The largest absolute Gasteiger partial charge is 0.478 e. The summed E-state index contributed by atoms with van der Waals surface area (Å²) in [6, 6.07) is 0. The van der Waals surface area contributed by atoms with Crippen molar-refractivity contribution in [3.63, 3.8) is 0 Å². The zero-order valence-electron chi connectivity index (χ0n) is 8.10. The standard InChI is InChI=1S/C9H12N2O3/c1-7(8(12)13)3-4-11-6-5-10(2)9(11)14/h3,5-6H,4H2,1-2H3,(H,12,13)/b7-3-. The number of nitrogens with zero attached hydrogens (tertiary/aromatic N) is 2. The lowest BCUT2D eigenvalue weighted by Gasteiger charge is -1.96. The van der Waals surface area contributed by atoms with Gasteiger partial charge in [-0.15, -0.1) is 0 Å². The number of hydrogen-bond acceptors (Lipinski definition) is 2. The van der Waals surface area contributed by atoms with E-state index in [0.29, 0.717) is 0 Å². The maximum Gasteiger partial charge on any atom is 0.331 e. The molecule has 0 radical (unpaired) electrons. The van der Waals surface area contributed by atoms with E-state index < -0.39 is 5.97 Å². The maximum atomic E-state index is 11.3. The third-order valence-corrected chi connectivity index (χ3v) is 1.95. The summed E-state index contributed by atoms with van der Waals surface area (Å²) < 4.78 is 2.87. The normalized spacial score (nSPS) is 11.7. The Hall–Kier alpha value is -1.78. The number of rotatable bonds is 3. The van der Waals surface area contributed by atoms with Crippen LogP contribution in [0.25, 0.3) is 0 Å². The van der Waals surface area contributed by atoms with Crippen molar-refractivity contribution in [2.45, 2.75) is 13.5 Å². The van der Waals surface area contributed by atoms with Crippen LogP contribution in [-0.2, 0) is 18.4 Å². The van der Waals surface area contributed by atoms with Gasteiger partial charge in [-0.1, -0.05) is 6.08 Å². The Labute approximate surface area is 80.9 Å². The Morgan fingerprint density at radius 1 is 1.57 bits per heavy atom. The van der Waals surface area contributed by atoms with Crippen molar-refractivity contribution in [2.24, 2.45) is 7.05 Å². The number of allylic oxidation sites excluding steroid dienone is 1. The van der Waals surface area contributed by atoms with Gasteiger partial charge >= 0.3 is 11.7 Å². The molecule has 14 heavy (non-hydrogen) atoms. The summed E-state index contributed by atoms with van der Waals surface area (Å²) in [6.07, 6.45) is 4.75. The van der Waals surface area contributed by atoms with Crippen molar-refractivity contribution >= 4 is 5.97 Å². The summed E-state index contributed by atoms with van der Waals surface area (Å²) in [5.41, 5.74) is 0.0835. The molecular weight excluding hydrogens is 184 g/mol. The van der Waals surface area contributed by atoms with Crippen molar-refractivity contribution in [1.29, 1.82) is 0 Å². The molecule has 0 amide bonds. The molecule has 0 saturated carbocycles. The summed E-state index contributed by atoms with van der Waals surface area (Å²) in [4.78, 5) is 21.8. The Balaban J connectivity index is 2.81. The second-order valence-electron chi connectivity index (χ2n) is 3.04. The molecule has 0 aliphatic rings. The molecule has 0 unspecified atom stereocenters. The second-order valence-corrected chi connectivity index (χ2v) is 3.04. The van der Waals surface area contributed by atoms with Crippen molar-refractivity contribution in [3.05, 3.63) is 34.5 Å². The fraction of sp³-hybridized carbons (Fsp3) is 0.333. The zero-order valence-corrected chi connectivity index (χ0v) is 8.10. The molecule has 0 spiro atoms. The first-order valence-electron chi connectivity index (χ1n) is 4.14. The van der Waals surface area contributed by atoms with Crippen LogP contribution in [-0.4, -0.2) is 20.2 Å². The van der Waals surface area contributed by atoms with E-state index in [4.69, 9.17) is 5.11 Å². The molecule has 0 fully saturated rings. The van der Waals surface area contributed by atoms with Crippen molar-refractivity contribution in [3.8, 4) is 0 Å². The number of aryl methyl sites for hydroxylation is 1. The topological polar surface area (TPSA) is 64.2 Å². The lowest BCUT2D eigenvalue weighted by atomic mass is 10.3. The minimum Gasteiger partial charge on any atom is -0.478 e. The molecule has 5 heteroatoms. The molecule has 0 aliphatic heterocycles. The van der Waals surface area contributed by atoms with Gasteiger partial charge in [0, 0.05) is 31.6 Å². The lowest BCUT2D eigenvalue weighted by Crippen LogP contribution is -2.21. The van der Waals surface area contributed by atoms with E-state index in [1.807, 2.05) is 0 Å². The van der Waals surface area contributed by atoms with Crippen LogP contribution in [0, 0.1) is 0 Å². The highest BCUT2D eigenvalue weighted by atomic mass is 16.4. The molecule has 5 nitrogen and oxygen atoms in total. The number of hydrogen-bond donors (Lipinski definition) is 1. The van der Waals surface area contributed by atoms with E-state index in [2.05, 4.69) is 0 Å². The van der Waals surface area contributed by atoms with Gasteiger partial charge in [0.15, 0.2) is 0 Å². The number of aromatic nitrogens is 2. The number of carboxylic acid groups (broad SMARTS) is 1. The fourth-order valence-corrected chi connectivity index (χ4v) is 0.972. The first kappa shape index (κ1) is 10.3. The highest BCUT2D eigenvalue weighted by Gasteiger charge is 2.00. The first-order chi connectivity index (χ1) is 6.52. The van der Waals surface area contributed by atoms with Gasteiger partial charge in [0.25, 0.3) is 0 Å². The maximum absolute atomic E-state index is 11.3. The highest BCUT2D eigenvalue weighted by molar-refractivity contribution is 5.85. The monoisotopic (exact) mass is 196 g/mol. The third kappa shape index (κ3) is 2.12. The summed E-state index contributed by atoms with van der Waals surface area (Å²) in [7, 11) is 1.65. The molecule has 0 bridgehead atoms. The van der Waals surface area contributed by atoms with Gasteiger partial charge in [0.05, 0.1) is 0 Å². The summed E-state index contributed by atoms with van der Waals surface area (Å²) in [5, 5.41) is 8.57. The molecular formula is C9H12N2O3. The van der Waals surface area contributed by atoms with Crippen LogP contribution in [0.2, 0.25) is 0 Å². The molecule has 0 atom stereocenters. The second kappa shape index (κ2) is 3.95. The molecule has 1 aromatic heterocycles. The summed E-state index contributed by atoms with van der Waals surface area (Å²) >= 11 is 0. The van der Waals surface area contributed by atoms with Crippen LogP contribution >= 0.6 is 0 Å². The molecule has 0 aliphatic carbocycles. The van der Waals surface area contributed by atoms with Crippen molar-refractivity contribution < 1.29 is 9.90 Å². The van der Waals surface area contributed by atoms with Crippen LogP contribution in [0.1, 0.15) is 6.92 Å². The molecule has 1 heterocycles. The van der Waals surface area contributed by atoms with Gasteiger partial charge in [0.2, 0.25) is 0 Å². The Kier molecular flexibility index (Phi) is 2.91. The van der Waals surface area contributed by atoms with Gasteiger partial charge in [-0.05, 0) is 6.92 Å². The van der Waals surface area contributed by atoms with E-state index in [-0.39, 0.29) is 17.8 Å². The van der Waals surface area contributed by atoms with Crippen LogP contribution in [0.4, 0.5) is 0 Å². The lowest BCUT2D eigenvalue weighted by molar-refractivity contribution is -0.132. The van der Waals surface area contributed by atoms with E-state index >= 15 is 0 Å². The number of aliphatic carboxylic acids is 1. The van der Waals surface area contributed by atoms with E-state index in [9.17, 15) is 9.59 Å². The Morgan fingerprint density at radius 3 is 2.64 bits per heavy atom. The molecule has 76 valence electrons. The zero-order chi connectivity index (χ0) is 10.7. The number of imidazole rings is 1. The summed E-state index contributed by atoms with van der Waals surface area (Å²) in [5.74, 6) is -0.964. The number of carbonyl (C=O) groups is 1. The first-order valence-corrected chi connectivity index (χ1v) is 4.14. The van der Waals surface area contributed by atoms with Crippen LogP contribution in [0.15, 0.2) is 28.8 Å². The van der Waals surface area contributed by atoms with Gasteiger partial charge < -0.3 is 9.67 Å². The minimum absolute atomic E-state index is 0.153. The van der Waals surface area contributed by atoms with Gasteiger partial charge in [0.1, 0.15) is 0 Å². The van der Waals surface area contributed by atoms with E-state index in [1.165, 1.54) is 22.1 Å². The predicted octanol–water partition coefficient (Wildman–Crippen LogP) is 0.218. The molecule has 0 aromatic carbocycles. The molecule has 1 N–H and O–H groups in total. The SMILES string of the molecule is C/C(=C/Cn1ccn(C)c1=O)C(=O)O. The molecule has 1 rings (SSSR count). The van der Waals surface area contributed by atoms with Gasteiger partial charge in [-0.25, -0.2) is 9.59 Å². The van der Waals surface area contributed by atoms with Gasteiger partial charge in [-0.3, -0.25) is 4.57 Å². The Bertz CT molecular complexity index is 426. The number of carboxylic acids is 1. The van der Waals surface area contributed by atoms with Crippen LogP contribution in [0.5, 0.6) is 0 Å². The van der Waals surface area contributed by atoms with E-state index in [1.54, 1.807) is 19.4 Å². The van der Waals surface area contributed by atoms with Crippen molar-refractivity contribution in [1.82, 2.24) is 9.13 Å². The average Bonchev–Trinajstić information content (AvgIpc) is 2.44. The quantitative estimate of drug-likeness (QED) is 0.703. The van der Waals surface area contributed by atoms with Crippen LogP contribution in [0.3, 0.4) is 0 Å². The fourth-order valence-electron chi connectivity index (χ4n) is 0.972. The van der Waals surface area contributed by atoms with Gasteiger partial charge in [-0.2, -0.15) is 0 Å². The van der Waals surface area contributed by atoms with Crippen LogP contribution < -0.4 is 5.69 Å². The average molecular weight is 196 g/mol. The predicted molar refractivity (Wildman–Crippen MR) is 51.1 cm³/mol. The smallest absolute Gasteiger partial charge is 0.331 e. The molecule has 0 saturated heterocycles. The minimum atomic E-state index is -0.964. The highest BCUT2D eigenvalue weighted by Crippen LogP contribution is 1.93. The third-order valence-electron chi connectivity index (χ3n) is 1.95. The van der Waals surface area contributed by atoms with E-state index in [0.717, 1.165) is 0 Å². The molecule has 1 aromatic rings.